The maximum atomic E-state index is 13.7. The van der Waals surface area contributed by atoms with E-state index in [0.717, 1.165) is 33.6 Å². The smallest absolute Gasteiger partial charge is 0.341 e. The molecule has 1 aromatic carbocycles. The molecule has 2 aromatic heterocycles. The van der Waals surface area contributed by atoms with E-state index in [9.17, 15) is 14.4 Å². The first kappa shape index (κ1) is 27.3. The highest BCUT2D eigenvalue weighted by molar-refractivity contribution is 7.18. The average Bonchev–Trinajstić information content (AvgIpc) is 3.33. The number of ether oxygens (including phenoxy) is 2. The quantitative estimate of drug-likeness (QED) is 0.354. The summed E-state index contributed by atoms with van der Waals surface area (Å²) in [5.74, 6) is -0.339. The average molecular weight is 514 g/mol. The van der Waals surface area contributed by atoms with Gasteiger partial charge in [0.15, 0.2) is 0 Å². The summed E-state index contributed by atoms with van der Waals surface area (Å²) in [4.78, 5) is 41.8. The molecule has 0 unspecified atom stereocenters. The number of hydrogen-bond donors (Lipinski definition) is 1. The van der Waals surface area contributed by atoms with Gasteiger partial charge in [-0.1, -0.05) is 0 Å². The fourth-order valence-corrected chi connectivity index (χ4v) is 5.61. The van der Waals surface area contributed by atoms with Gasteiger partial charge in [-0.15, -0.1) is 11.3 Å². The van der Waals surface area contributed by atoms with Crippen LogP contribution in [0.3, 0.4) is 0 Å². The number of carbonyl (C=O) groups excluding carboxylic acids is 3. The number of esters is 1. The largest absolute Gasteiger partial charge is 0.494 e. The van der Waals surface area contributed by atoms with Crippen molar-refractivity contribution in [1.29, 1.82) is 0 Å². The van der Waals surface area contributed by atoms with E-state index in [-0.39, 0.29) is 24.0 Å². The van der Waals surface area contributed by atoms with Gasteiger partial charge in [0.2, 0.25) is 0 Å². The summed E-state index contributed by atoms with van der Waals surface area (Å²) in [6.07, 6.45) is 0. The Balaban J connectivity index is 2.10. The Bertz CT molecular complexity index is 1290. The van der Waals surface area contributed by atoms with E-state index in [2.05, 4.69) is 5.32 Å². The second-order valence-electron chi connectivity index (χ2n) is 8.24. The molecule has 3 aromatic rings. The number of aromatic nitrogens is 1. The van der Waals surface area contributed by atoms with Gasteiger partial charge in [-0.05, 0) is 77.8 Å². The second-order valence-corrected chi connectivity index (χ2v) is 9.26. The third-order valence-corrected chi connectivity index (χ3v) is 7.42. The fraction of sp³-hybridized carbons (Fsp3) is 0.444. The molecule has 0 aliphatic heterocycles. The summed E-state index contributed by atoms with van der Waals surface area (Å²) in [7, 11) is 0. The molecule has 0 radical (unpaired) electrons. The predicted octanol–water partition coefficient (Wildman–Crippen LogP) is 5.65. The molecule has 2 heterocycles. The minimum atomic E-state index is -0.561. The van der Waals surface area contributed by atoms with Crippen molar-refractivity contribution in [3.63, 3.8) is 0 Å². The number of benzene rings is 1. The van der Waals surface area contributed by atoms with Crippen molar-refractivity contribution in [2.45, 2.75) is 55.0 Å². The van der Waals surface area contributed by atoms with E-state index in [0.29, 0.717) is 47.4 Å². The van der Waals surface area contributed by atoms with Gasteiger partial charge in [0.05, 0.1) is 23.7 Å². The van der Waals surface area contributed by atoms with Crippen LogP contribution in [-0.2, 0) is 11.3 Å². The molecule has 3 rings (SSSR count). The first-order chi connectivity index (χ1) is 17.2. The summed E-state index contributed by atoms with van der Waals surface area (Å²) >= 11 is 1.11. The summed E-state index contributed by atoms with van der Waals surface area (Å²) in [6.45, 7) is 15.5. The van der Waals surface area contributed by atoms with Crippen LogP contribution >= 0.6 is 11.3 Å². The zero-order valence-electron chi connectivity index (χ0n) is 22.1. The monoisotopic (exact) mass is 513 g/mol. The Morgan fingerprint density at radius 2 is 1.69 bits per heavy atom. The number of anilines is 1. The molecule has 0 atom stereocenters. The molecular weight excluding hydrogens is 478 g/mol. The van der Waals surface area contributed by atoms with Gasteiger partial charge < -0.3 is 24.3 Å². The van der Waals surface area contributed by atoms with E-state index in [1.807, 2.05) is 57.4 Å². The van der Waals surface area contributed by atoms with Crippen molar-refractivity contribution < 1.29 is 23.9 Å². The van der Waals surface area contributed by atoms with Crippen molar-refractivity contribution in [3.05, 3.63) is 45.5 Å². The lowest BCUT2D eigenvalue weighted by Crippen LogP contribution is -2.30. The molecule has 0 aliphatic carbocycles. The van der Waals surface area contributed by atoms with E-state index in [1.165, 1.54) is 0 Å². The molecule has 8 nitrogen and oxygen atoms in total. The Labute approximate surface area is 216 Å². The summed E-state index contributed by atoms with van der Waals surface area (Å²) in [6, 6.07) is 5.79. The van der Waals surface area contributed by atoms with Gasteiger partial charge in [-0.3, -0.25) is 9.59 Å². The SMILES string of the molecule is CCOC(=O)c1c(NC(=O)c2c(C)c3cc(OCC)ccc3n2CC)sc(C(=O)N(CC)CC)c1C. The highest BCUT2D eigenvalue weighted by atomic mass is 32.1. The maximum absolute atomic E-state index is 13.7. The van der Waals surface area contributed by atoms with Crippen LogP contribution in [0.2, 0.25) is 0 Å². The van der Waals surface area contributed by atoms with Gasteiger partial charge >= 0.3 is 5.97 Å². The van der Waals surface area contributed by atoms with Crippen molar-refractivity contribution in [3.8, 4) is 5.75 Å². The number of rotatable bonds is 10. The van der Waals surface area contributed by atoms with Gasteiger partial charge in [-0.25, -0.2) is 4.79 Å². The number of thiophene rings is 1. The summed E-state index contributed by atoms with van der Waals surface area (Å²) in [5, 5.41) is 4.17. The third-order valence-electron chi connectivity index (χ3n) is 6.23. The Hall–Kier alpha value is -3.33. The molecule has 0 spiro atoms. The lowest BCUT2D eigenvalue weighted by molar-refractivity contribution is 0.0527. The van der Waals surface area contributed by atoms with Crippen LogP contribution in [0.15, 0.2) is 18.2 Å². The molecule has 0 saturated heterocycles. The Morgan fingerprint density at radius 1 is 1.00 bits per heavy atom. The fourth-order valence-electron chi connectivity index (χ4n) is 4.45. The van der Waals surface area contributed by atoms with Crippen molar-refractivity contribution in [2.24, 2.45) is 0 Å². The number of fused-ring (bicyclic) bond motifs is 1. The van der Waals surface area contributed by atoms with Crippen molar-refractivity contribution in [2.75, 3.05) is 31.6 Å². The van der Waals surface area contributed by atoms with E-state index < -0.39 is 5.97 Å². The number of hydrogen-bond acceptors (Lipinski definition) is 6. The third kappa shape index (κ3) is 4.97. The molecule has 36 heavy (non-hydrogen) atoms. The number of amides is 2. The van der Waals surface area contributed by atoms with Gasteiger partial charge in [0.25, 0.3) is 11.8 Å². The minimum absolute atomic E-state index is 0.171. The molecule has 2 amide bonds. The first-order valence-corrected chi connectivity index (χ1v) is 13.2. The molecule has 0 aliphatic rings. The molecule has 9 heteroatoms. The number of carbonyl (C=O) groups is 3. The second kappa shape index (κ2) is 11.6. The zero-order valence-corrected chi connectivity index (χ0v) is 22.9. The standard InChI is InChI=1S/C27H35N3O5S/c1-8-29(9-2)26(32)23-17(7)21(27(33)35-12-5)25(36-23)28-24(31)22-16(6)19-15-18(34-11-4)13-14-20(19)30(22)10-3/h13-15H,8-12H2,1-7H3,(H,28,31). The van der Waals surface area contributed by atoms with E-state index in [4.69, 9.17) is 9.47 Å². The molecule has 1 N–H and O–H groups in total. The minimum Gasteiger partial charge on any atom is -0.494 e. The van der Waals surface area contributed by atoms with Crippen LogP contribution in [0.4, 0.5) is 5.00 Å². The van der Waals surface area contributed by atoms with Gasteiger partial charge in [0, 0.05) is 30.5 Å². The Kier molecular flexibility index (Phi) is 8.79. The van der Waals surface area contributed by atoms with Crippen LogP contribution in [-0.4, -0.2) is 53.6 Å². The number of nitrogens with zero attached hydrogens (tertiary/aromatic N) is 2. The number of nitrogens with one attached hydrogen (secondary N) is 1. The molecule has 0 bridgehead atoms. The van der Waals surface area contributed by atoms with Crippen LogP contribution in [0.5, 0.6) is 5.75 Å². The summed E-state index contributed by atoms with van der Waals surface area (Å²) in [5.41, 5.74) is 2.98. The van der Waals surface area contributed by atoms with Crippen molar-refractivity contribution in [1.82, 2.24) is 9.47 Å². The van der Waals surface area contributed by atoms with Crippen LogP contribution in [0.25, 0.3) is 10.9 Å². The van der Waals surface area contributed by atoms with Gasteiger partial charge in [-0.2, -0.15) is 0 Å². The van der Waals surface area contributed by atoms with E-state index in [1.54, 1.807) is 18.7 Å². The highest BCUT2D eigenvalue weighted by Crippen LogP contribution is 2.36. The Morgan fingerprint density at radius 3 is 2.28 bits per heavy atom. The molecule has 0 saturated carbocycles. The predicted molar refractivity (Wildman–Crippen MR) is 144 cm³/mol. The number of aryl methyl sites for hydroxylation is 2. The van der Waals surface area contributed by atoms with Crippen molar-refractivity contribution >= 4 is 45.0 Å². The zero-order chi connectivity index (χ0) is 26.6. The van der Waals surface area contributed by atoms with Crippen LogP contribution in [0, 0.1) is 13.8 Å². The molecular formula is C27H35N3O5S. The van der Waals surface area contributed by atoms with Crippen LogP contribution < -0.4 is 10.1 Å². The maximum Gasteiger partial charge on any atom is 0.341 e. The molecule has 0 fully saturated rings. The normalized spacial score (nSPS) is 11.0. The van der Waals surface area contributed by atoms with Crippen LogP contribution in [0.1, 0.15) is 76.3 Å². The lowest BCUT2D eigenvalue weighted by Gasteiger charge is -2.18. The first-order valence-electron chi connectivity index (χ1n) is 12.4. The molecule has 194 valence electrons. The summed E-state index contributed by atoms with van der Waals surface area (Å²) < 4.78 is 12.9. The van der Waals surface area contributed by atoms with Gasteiger partial charge in [0.1, 0.15) is 16.4 Å². The highest BCUT2D eigenvalue weighted by Gasteiger charge is 2.29. The van der Waals surface area contributed by atoms with E-state index >= 15 is 0 Å². The topological polar surface area (TPSA) is 89.9 Å². The lowest BCUT2D eigenvalue weighted by atomic mass is 10.1.